The van der Waals surface area contributed by atoms with Crippen LogP contribution in [0.4, 0.5) is 14.9 Å². The third kappa shape index (κ3) is 7.33. The number of benzene rings is 2. The third-order valence-electron chi connectivity index (χ3n) is 8.20. The van der Waals surface area contributed by atoms with Gasteiger partial charge in [-0.25, -0.2) is 13.5 Å². The van der Waals surface area contributed by atoms with Crippen LogP contribution in [-0.4, -0.2) is 79.4 Å². The molecule has 0 saturated carbocycles. The first-order valence-electron chi connectivity index (χ1n) is 13.9. The number of anilines is 1. The molecule has 5 N–H and O–H groups in total. The lowest BCUT2D eigenvalue weighted by molar-refractivity contribution is -0.121. The SMILES string of the molecule is CC(C)[C@H](c1ccc(Cl)cc1)[C@@H](C(=O)Nc1cccc(F)c1CCC1CNC2CCCS(O)(O)N1C2)N(C)C(=O)O. The van der Waals surface area contributed by atoms with E-state index in [1.807, 2.05) is 13.8 Å². The van der Waals surface area contributed by atoms with Crippen molar-refractivity contribution in [1.82, 2.24) is 14.5 Å². The molecule has 12 heteroatoms. The van der Waals surface area contributed by atoms with Gasteiger partial charge in [0.1, 0.15) is 11.9 Å². The average molecular weight is 611 g/mol. The Bertz CT molecular complexity index is 1230. The zero-order valence-corrected chi connectivity index (χ0v) is 25.2. The molecule has 2 aliphatic rings. The third-order valence-corrected chi connectivity index (χ3v) is 10.5. The molecular weight excluding hydrogens is 571 g/mol. The minimum absolute atomic E-state index is 0.114. The number of carboxylic acid groups (broad SMARTS) is 1. The van der Waals surface area contributed by atoms with E-state index in [0.717, 1.165) is 23.3 Å². The zero-order chi connectivity index (χ0) is 29.9. The lowest BCUT2D eigenvalue weighted by Crippen LogP contribution is -2.55. The monoisotopic (exact) mass is 610 g/mol. The smallest absolute Gasteiger partial charge is 0.407 e. The van der Waals surface area contributed by atoms with E-state index in [1.54, 1.807) is 34.6 Å². The van der Waals surface area contributed by atoms with E-state index in [1.165, 1.54) is 19.2 Å². The van der Waals surface area contributed by atoms with Crippen molar-refractivity contribution in [2.45, 2.75) is 63.6 Å². The van der Waals surface area contributed by atoms with Crippen molar-refractivity contribution in [1.29, 1.82) is 0 Å². The van der Waals surface area contributed by atoms with Gasteiger partial charge in [0.05, 0.1) is 5.75 Å². The Morgan fingerprint density at radius 3 is 2.59 bits per heavy atom. The number of likely N-dealkylation sites (N-methyl/N-ethyl adjacent to an activating group) is 1. The number of nitrogens with zero attached hydrogens (tertiary/aromatic N) is 2. The molecule has 2 fully saturated rings. The molecule has 226 valence electrons. The molecule has 2 aliphatic heterocycles. The van der Waals surface area contributed by atoms with Crippen LogP contribution in [0, 0.1) is 11.7 Å². The van der Waals surface area contributed by atoms with Crippen LogP contribution in [0.2, 0.25) is 5.02 Å². The first kappa shape index (κ1) is 31.5. The number of halogens is 2. The van der Waals surface area contributed by atoms with Crippen molar-refractivity contribution in [2.75, 3.05) is 31.2 Å². The Balaban J connectivity index is 1.58. The highest BCUT2D eigenvalue weighted by Gasteiger charge is 2.39. The molecule has 2 heterocycles. The molecule has 2 aromatic rings. The highest BCUT2D eigenvalue weighted by molar-refractivity contribution is 8.22. The number of hydrogen-bond donors (Lipinski definition) is 5. The summed E-state index contributed by atoms with van der Waals surface area (Å²) in [5.74, 6) is -1.35. The second kappa shape index (κ2) is 13.3. The van der Waals surface area contributed by atoms with E-state index in [9.17, 15) is 23.8 Å². The van der Waals surface area contributed by atoms with Crippen molar-refractivity contribution in [3.05, 3.63) is 64.4 Å². The Kier molecular flexibility index (Phi) is 10.2. The predicted molar refractivity (Wildman–Crippen MR) is 161 cm³/mol. The molecule has 2 aromatic carbocycles. The number of rotatable bonds is 9. The van der Waals surface area contributed by atoms with Crippen molar-refractivity contribution < 1.29 is 28.2 Å². The van der Waals surface area contributed by atoms with Gasteiger partial charge in [-0.05, 0) is 61.4 Å². The average Bonchev–Trinajstić information content (AvgIpc) is 3.03. The molecule has 0 radical (unpaired) electrons. The van der Waals surface area contributed by atoms with Gasteiger partial charge in [0, 0.05) is 54.4 Å². The molecular formula is C29H40ClFN4O5S. The van der Waals surface area contributed by atoms with Crippen molar-refractivity contribution >= 4 is 40.1 Å². The summed E-state index contributed by atoms with van der Waals surface area (Å²) in [4.78, 5) is 26.9. The summed E-state index contributed by atoms with van der Waals surface area (Å²) in [5, 5.41) is 16.7. The van der Waals surface area contributed by atoms with Gasteiger partial charge in [0.25, 0.3) is 0 Å². The molecule has 0 spiro atoms. The number of carbonyl (C=O) groups excluding carboxylic acids is 1. The van der Waals surface area contributed by atoms with Crippen molar-refractivity contribution in [3.63, 3.8) is 0 Å². The quantitative estimate of drug-likeness (QED) is 0.240. The van der Waals surface area contributed by atoms with Crippen LogP contribution < -0.4 is 10.6 Å². The maximum atomic E-state index is 15.2. The summed E-state index contributed by atoms with van der Waals surface area (Å²) in [5.41, 5.74) is 1.32. The second-order valence-corrected chi connectivity index (χ2v) is 13.9. The lowest BCUT2D eigenvalue weighted by atomic mass is 9.81. The number of amides is 2. The standard InChI is InChI=1S/C29H40ClFN4O5S/c1-18(2)26(19-9-11-20(30)12-10-19)27(34(3)29(37)38)28(36)33-25-8-4-7-24(31)23(25)14-13-22-16-32-21-6-5-15-41(39,40)35(22)17-21/h4,7-12,18,21-22,26-27,32,39-40H,5-6,13-17H2,1-3H3,(H,33,36)(H,37,38)/t21?,22?,26-,27+/m1/s1. The van der Waals surface area contributed by atoms with E-state index in [2.05, 4.69) is 10.6 Å². The van der Waals surface area contributed by atoms with Crippen LogP contribution in [0.25, 0.3) is 0 Å². The Morgan fingerprint density at radius 2 is 1.93 bits per heavy atom. The van der Waals surface area contributed by atoms with Crippen LogP contribution in [0.1, 0.15) is 50.2 Å². The van der Waals surface area contributed by atoms with Gasteiger partial charge in [-0.3, -0.25) is 18.8 Å². The van der Waals surface area contributed by atoms with E-state index in [4.69, 9.17) is 11.6 Å². The number of fused-ring (bicyclic) bond motifs is 2. The summed E-state index contributed by atoms with van der Waals surface area (Å²) < 4.78 is 38.5. The molecule has 3 unspecified atom stereocenters. The second-order valence-electron chi connectivity index (χ2n) is 11.3. The number of piperazine rings is 1. The summed E-state index contributed by atoms with van der Waals surface area (Å²) >= 11 is 6.08. The summed E-state index contributed by atoms with van der Waals surface area (Å²) in [6.45, 7) is 4.91. The highest BCUT2D eigenvalue weighted by atomic mass is 35.5. The van der Waals surface area contributed by atoms with Crippen LogP contribution in [0.5, 0.6) is 0 Å². The first-order chi connectivity index (χ1) is 19.4. The predicted octanol–water partition coefficient (Wildman–Crippen LogP) is 5.87. The highest BCUT2D eigenvalue weighted by Crippen LogP contribution is 2.49. The van der Waals surface area contributed by atoms with E-state index >= 15 is 4.39 Å². The Labute approximate surface area is 247 Å². The fourth-order valence-electron chi connectivity index (χ4n) is 6.04. The molecule has 2 saturated heterocycles. The van der Waals surface area contributed by atoms with Crippen molar-refractivity contribution in [2.24, 2.45) is 5.92 Å². The maximum Gasteiger partial charge on any atom is 0.407 e. The molecule has 2 amide bonds. The van der Waals surface area contributed by atoms with Crippen molar-refractivity contribution in [3.8, 4) is 0 Å². The summed E-state index contributed by atoms with van der Waals surface area (Å²) in [7, 11) is -1.55. The van der Waals surface area contributed by atoms with Gasteiger partial charge >= 0.3 is 6.09 Å². The van der Waals surface area contributed by atoms with Gasteiger partial charge in [0.15, 0.2) is 0 Å². The fraction of sp³-hybridized carbons (Fsp3) is 0.517. The molecule has 0 aromatic heterocycles. The van der Waals surface area contributed by atoms with Gasteiger partial charge in [-0.2, -0.15) is 0 Å². The Hall–Kier alpha value is -2.41. The zero-order valence-electron chi connectivity index (χ0n) is 23.6. The minimum Gasteiger partial charge on any atom is -0.465 e. The van der Waals surface area contributed by atoms with Gasteiger partial charge < -0.3 is 15.7 Å². The molecule has 9 nitrogen and oxygen atoms in total. The molecule has 5 atom stereocenters. The van der Waals surface area contributed by atoms with Gasteiger partial charge in [0.2, 0.25) is 5.91 Å². The largest absolute Gasteiger partial charge is 0.465 e. The fourth-order valence-corrected chi connectivity index (χ4v) is 8.03. The van der Waals surface area contributed by atoms with Crippen LogP contribution in [-0.2, 0) is 11.2 Å². The minimum atomic E-state index is -2.90. The van der Waals surface area contributed by atoms with E-state index in [-0.39, 0.29) is 30.1 Å². The van der Waals surface area contributed by atoms with Crippen LogP contribution in [0.3, 0.4) is 0 Å². The maximum absolute atomic E-state index is 15.2. The summed E-state index contributed by atoms with van der Waals surface area (Å²) in [6.07, 6.45) is 1.03. The van der Waals surface area contributed by atoms with E-state index < -0.39 is 40.6 Å². The molecule has 41 heavy (non-hydrogen) atoms. The molecule has 4 rings (SSSR count). The van der Waals surface area contributed by atoms with Crippen LogP contribution >= 0.6 is 22.4 Å². The molecule has 0 aliphatic carbocycles. The van der Waals surface area contributed by atoms with Gasteiger partial charge in [-0.1, -0.05) is 43.6 Å². The number of hydrogen-bond acceptors (Lipinski definition) is 6. The number of nitrogens with one attached hydrogen (secondary N) is 2. The molecule has 2 bridgehead atoms. The lowest BCUT2D eigenvalue weighted by Gasteiger charge is -2.49. The Morgan fingerprint density at radius 1 is 1.22 bits per heavy atom. The van der Waals surface area contributed by atoms with E-state index in [0.29, 0.717) is 35.8 Å². The first-order valence-corrected chi connectivity index (χ1v) is 16.0. The topological polar surface area (TPSA) is 125 Å². The van der Waals surface area contributed by atoms with Crippen LogP contribution in [0.15, 0.2) is 42.5 Å². The van der Waals surface area contributed by atoms with Gasteiger partial charge in [-0.15, -0.1) is 10.8 Å². The normalized spacial score (nSPS) is 24.1. The number of carbonyl (C=O) groups is 2. The summed E-state index contributed by atoms with van der Waals surface area (Å²) in [6, 6.07) is 10.3.